The fourth-order valence-electron chi connectivity index (χ4n) is 4.04. The van der Waals surface area contributed by atoms with Crippen molar-refractivity contribution < 1.29 is 4.74 Å². The Morgan fingerprint density at radius 3 is 2.93 bits per heavy atom. The molecule has 0 unspecified atom stereocenters. The van der Waals surface area contributed by atoms with Gasteiger partial charge in [0.05, 0.1) is 30.3 Å². The second kappa shape index (κ2) is 7.87. The van der Waals surface area contributed by atoms with Crippen molar-refractivity contribution in [1.82, 2.24) is 24.5 Å². The summed E-state index contributed by atoms with van der Waals surface area (Å²) in [5.41, 5.74) is 3.67. The van der Waals surface area contributed by atoms with E-state index < -0.39 is 0 Å². The molecule has 1 aliphatic heterocycles. The highest BCUT2D eigenvalue weighted by atomic mass is 32.1. The third-order valence-electron chi connectivity index (χ3n) is 5.41. The number of anilines is 1. The lowest BCUT2D eigenvalue weighted by molar-refractivity contribution is 0.396. The van der Waals surface area contributed by atoms with Crippen molar-refractivity contribution in [3.63, 3.8) is 0 Å². The summed E-state index contributed by atoms with van der Waals surface area (Å²) in [7, 11) is 1.62. The van der Waals surface area contributed by atoms with Gasteiger partial charge in [-0.15, -0.1) is 11.3 Å². The normalized spacial score (nSPS) is 15.8. The average Bonchev–Trinajstić information content (AvgIpc) is 3.42. The molecule has 1 aromatic carbocycles. The van der Waals surface area contributed by atoms with Crippen LogP contribution in [0.3, 0.4) is 0 Å². The van der Waals surface area contributed by atoms with Crippen molar-refractivity contribution in [2.24, 2.45) is 0 Å². The zero-order valence-electron chi connectivity index (χ0n) is 16.9. The summed E-state index contributed by atoms with van der Waals surface area (Å²) in [5.74, 6) is 2.59. The third kappa shape index (κ3) is 3.54. The van der Waals surface area contributed by atoms with Gasteiger partial charge in [-0.3, -0.25) is 0 Å². The Balaban J connectivity index is 1.52. The van der Waals surface area contributed by atoms with Crippen molar-refractivity contribution in [1.29, 1.82) is 0 Å². The molecule has 0 fully saturated rings. The molecule has 4 aromatic rings. The number of rotatable bonds is 5. The van der Waals surface area contributed by atoms with E-state index in [-0.39, 0.29) is 5.92 Å². The van der Waals surface area contributed by atoms with Gasteiger partial charge in [0, 0.05) is 36.9 Å². The number of aromatic nitrogens is 5. The van der Waals surface area contributed by atoms with E-state index in [1.54, 1.807) is 24.8 Å². The van der Waals surface area contributed by atoms with E-state index in [0.29, 0.717) is 5.88 Å². The molecule has 0 saturated heterocycles. The third-order valence-corrected chi connectivity index (χ3v) is 6.24. The Morgan fingerprint density at radius 2 is 2.10 bits per heavy atom. The van der Waals surface area contributed by atoms with Crippen molar-refractivity contribution in [2.75, 3.05) is 18.6 Å². The van der Waals surface area contributed by atoms with E-state index in [1.807, 2.05) is 25.4 Å². The highest BCUT2D eigenvalue weighted by molar-refractivity contribution is 7.09. The van der Waals surface area contributed by atoms with Crippen molar-refractivity contribution in [3.05, 3.63) is 82.1 Å². The Morgan fingerprint density at radius 1 is 1.20 bits per heavy atom. The van der Waals surface area contributed by atoms with Gasteiger partial charge in [-0.1, -0.05) is 24.3 Å². The predicted molar refractivity (Wildman–Crippen MR) is 116 cm³/mol. The van der Waals surface area contributed by atoms with E-state index in [4.69, 9.17) is 9.72 Å². The van der Waals surface area contributed by atoms with Gasteiger partial charge >= 0.3 is 0 Å². The summed E-state index contributed by atoms with van der Waals surface area (Å²) >= 11 is 1.68. The topological polar surface area (TPSA) is 69.0 Å². The molecule has 3 aromatic heterocycles. The van der Waals surface area contributed by atoms with Crippen LogP contribution in [0.25, 0.3) is 0 Å². The van der Waals surface area contributed by atoms with E-state index in [2.05, 4.69) is 54.1 Å². The Bertz CT molecular complexity index is 1170. The van der Waals surface area contributed by atoms with Crippen LogP contribution in [-0.2, 0) is 13.1 Å². The fourth-order valence-corrected chi connectivity index (χ4v) is 4.64. The molecule has 30 heavy (non-hydrogen) atoms. The first-order chi connectivity index (χ1) is 14.7. The van der Waals surface area contributed by atoms with Crippen molar-refractivity contribution >= 4 is 17.2 Å². The smallest absolute Gasteiger partial charge is 0.218 e. The number of nitrogens with zero attached hydrogens (tertiary/aromatic N) is 6. The maximum Gasteiger partial charge on any atom is 0.218 e. The van der Waals surface area contributed by atoms with Gasteiger partial charge in [0.25, 0.3) is 0 Å². The number of benzene rings is 1. The molecule has 0 spiro atoms. The summed E-state index contributed by atoms with van der Waals surface area (Å²) in [6.07, 6.45) is 5.47. The highest BCUT2D eigenvalue weighted by Crippen LogP contribution is 2.35. The lowest BCUT2D eigenvalue weighted by Gasteiger charge is -2.35. The molecule has 0 N–H and O–H groups in total. The summed E-state index contributed by atoms with van der Waals surface area (Å²) in [6, 6.07) is 10.5. The van der Waals surface area contributed by atoms with Crippen LogP contribution >= 0.6 is 11.3 Å². The SMILES string of the molecule is COc1cc(N2Cc3ccccc3[C@H](c3nccn3Cc3csc(C)n3)C2)ncn1. The minimum absolute atomic E-state index is 0.130. The molecule has 152 valence electrons. The number of aryl methyl sites for hydroxylation is 1. The van der Waals surface area contributed by atoms with Gasteiger partial charge in [0.1, 0.15) is 18.0 Å². The fraction of sp³-hybridized carbons (Fsp3) is 0.273. The molecule has 0 radical (unpaired) electrons. The standard InChI is InChI=1S/C22H22N6OS/c1-15-26-17(13-30-15)11-27-8-7-23-22(27)19-12-28(10-16-5-3-4-6-18(16)19)20-9-21(29-2)25-14-24-20/h3-9,13-14,19H,10-12H2,1-2H3/t19-/m1/s1. The van der Waals surface area contributed by atoms with Gasteiger partial charge in [0.15, 0.2) is 0 Å². The van der Waals surface area contributed by atoms with Crippen LogP contribution in [0.4, 0.5) is 5.82 Å². The van der Waals surface area contributed by atoms with Gasteiger partial charge < -0.3 is 14.2 Å². The molecule has 0 amide bonds. The largest absolute Gasteiger partial charge is 0.481 e. The van der Waals surface area contributed by atoms with Gasteiger partial charge in [0.2, 0.25) is 5.88 Å². The minimum atomic E-state index is 0.130. The summed E-state index contributed by atoms with van der Waals surface area (Å²) < 4.78 is 7.51. The van der Waals surface area contributed by atoms with Gasteiger partial charge in [-0.25, -0.2) is 19.9 Å². The lowest BCUT2D eigenvalue weighted by Crippen LogP contribution is -2.35. The van der Waals surface area contributed by atoms with Crippen molar-refractivity contribution in [3.8, 4) is 5.88 Å². The van der Waals surface area contributed by atoms with E-state index in [9.17, 15) is 0 Å². The second-order valence-electron chi connectivity index (χ2n) is 7.32. The molecule has 4 heterocycles. The molecule has 1 aliphatic rings. The summed E-state index contributed by atoms with van der Waals surface area (Å²) in [5, 5.41) is 3.20. The highest BCUT2D eigenvalue weighted by Gasteiger charge is 2.30. The maximum absolute atomic E-state index is 5.30. The Hall–Kier alpha value is -3.26. The first kappa shape index (κ1) is 18.7. The zero-order valence-corrected chi connectivity index (χ0v) is 17.7. The number of thiazole rings is 1. The number of hydrogen-bond acceptors (Lipinski definition) is 7. The van der Waals surface area contributed by atoms with Crippen LogP contribution in [0, 0.1) is 6.92 Å². The quantitative estimate of drug-likeness (QED) is 0.493. The van der Waals surface area contributed by atoms with E-state index in [0.717, 1.165) is 42.0 Å². The Kier molecular flexibility index (Phi) is 4.92. The summed E-state index contributed by atoms with van der Waals surface area (Å²) in [6.45, 7) is 4.33. The first-order valence-corrected chi connectivity index (χ1v) is 10.7. The number of imidazole rings is 1. The molecule has 0 saturated carbocycles. The van der Waals surface area contributed by atoms with E-state index in [1.165, 1.54) is 11.1 Å². The molecular weight excluding hydrogens is 396 g/mol. The number of ether oxygens (including phenoxy) is 1. The van der Waals surface area contributed by atoms with Crippen LogP contribution in [-0.4, -0.2) is 38.2 Å². The molecule has 0 aliphatic carbocycles. The van der Waals surface area contributed by atoms with Crippen LogP contribution in [0.15, 0.2) is 54.4 Å². The van der Waals surface area contributed by atoms with Gasteiger partial charge in [-0.05, 0) is 18.1 Å². The molecule has 1 atom stereocenters. The van der Waals surface area contributed by atoms with E-state index >= 15 is 0 Å². The van der Waals surface area contributed by atoms with Crippen LogP contribution in [0.2, 0.25) is 0 Å². The van der Waals surface area contributed by atoms with Gasteiger partial charge in [-0.2, -0.15) is 0 Å². The molecule has 5 rings (SSSR count). The maximum atomic E-state index is 5.30. The van der Waals surface area contributed by atoms with Crippen molar-refractivity contribution in [2.45, 2.75) is 25.9 Å². The average molecular weight is 419 g/mol. The number of fused-ring (bicyclic) bond motifs is 1. The van der Waals surface area contributed by atoms with Crippen LogP contribution < -0.4 is 9.64 Å². The zero-order chi connectivity index (χ0) is 20.5. The molecular formula is C22H22N6OS. The summed E-state index contributed by atoms with van der Waals surface area (Å²) in [4.78, 5) is 20.3. The monoisotopic (exact) mass is 418 g/mol. The second-order valence-corrected chi connectivity index (χ2v) is 8.38. The number of hydrogen-bond donors (Lipinski definition) is 0. The number of methoxy groups -OCH3 is 1. The predicted octanol–water partition coefficient (Wildman–Crippen LogP) is 3.65. The van der Waals surface area contributed by atoms with Crippen LogP contribution in [0.1, 0.15) is 33.6 Å². The molecule has 7 nitrogen and oxygen atoms in total. The Labute approximate surface area is 179 Å². The molecule has 0 bridgehead atoms. The van der Waals surface area contributed by atoms with Crippen LogP contribution in [0.5, 0.6) is 5.88 Å². The first-order valence-electron chi connectivity index (χ1n) is 9.82. The molecule has 8 heteroatoms. The minimum Gasteiger partial charge on any atom is -0.481 e. The lowest BCUT2D eigenvalue weighted by atomic mass is 9.89.